The molecule has 1 aliphatic carbocycles. The molecule has 2 amide bonds. The number of benzene rings is 1. The van der Waals surface area contributed by atoms with Gasteiger partial charge < -0.3 is 24.8 Å². The SMILES string of the molecule is COc1ccc(CNC(=O)N2C[C@@H]3CCC[C@@]3(C(=O)O)C2)cc1OC. The van der Waals surface area contributed by atoms with Crippen molar-refractivity contribution >= 4 is 12.0 Å². The molecular weight excluding hydrogens is 324 g/mol. The summed E-state index contributed by atoms with van der Waals surface area (Å²) in [5.41, 5.74) is 0.138. The molecule has 2 fully saturated rings. The maximum absolute atomic E-state index is 12.5. The van der Waals surface area contributed by atoms with Crippen molar-refractivity contribution in [2.45, 2.75) is 25.8 Å². The van der Waals surface area contributed by atoms with Crippen LogP contribution in [0.15, 0.2) is 18.2 Å². The number of carbonyl (C=O) groups is 2. The molecule has 2 N–H and O–H groups in total. The van der Waals surface area contributed by atoms with Crippen LogP contribution >= 0.6 is 0 Å². The van der Waals surface area contributed by atoms with Crippen molar-refractivity contribution in [3.05, 3.63) is 23.8 Å². The zero-order valence-electron chi connectivity index (χ0n) is 14.6. The standard InChI is InChI=1S/C18H24N2O5/c1-24-14-6-5-12(8-15(14)25-2)9-19-17(23)20-10-13-4-3-7-18(13,11-20)16(21)22/h5-6,8,13H,3-4,7,9-11H2,1-2H3,(H,19,23)(H,21,22)/t13-,18+/m0/s1. The average molecular weight is 348 g/mol. The van der Waals surface area contributed by atoms with Crippen LogP contribution in [0.4, 0.5) is 4.79 Å². The molecule has 3 rings (SSSR count). The molecule has 0 radical (unpaired) electrons. The molecule has 2 aliphatic rings. The smallest absolute Gasteiger partial charge is 0.317 e. The first-order chi connectivity index (χ1) is 12.0. The van der Waals surface area contributed by atoms with Crippen molar-refractivity contribution < 1.29 is 24.2 Å². The molecule has 25 heavy (non-hydrogen) atoms. The highest BCUT2D eigenvalue weighted by molar-refractivity contribution is 5.80. The third-order valence-electron chi connectivity index (χ3n) is 5.48. The van der Waals surface area contributed by atoms with Gasteiger partial charge in [0, 0.05) is 19.6 Å². The number of carboxylic acids is 1. The first kappa shape index (κ1) is 17.4. The van der Waals surface area contributed by atoms with Crippen molar-refractivity contribution in [2.75, 3.05) is 27.3 Å². The minimum absolute atomic E-state index is 0.0665. The van der Waals surface area contributed by atoms with Gasteiger partial charge in [-0.15, -0.1) is 0 Å². The summed E-state index contributed by atoms with van der Waals surface area (Å²) in [7, 11) is 3.14. The van der Waals surface area contributed by atoms with Gasteiger partial charge in [0.1, 0.15) is 0 Å². The Bertz CT molecular complexity index is 677. The lowest BCUT2D eigenvalue weighted by Gasteiger charge is -2.23. The fourth-order valence-corrected chi connectivity index (χ4v) is 4.07. The first-order valence-electron chi connectivity index (χ1n) is 8.47. The molecule has 1 aliphatic heterocycles. The Morgan fingerprint density at radius 3 is 2.72 bits per heavy atom. The maximum Gasteiger partial charge on any atom is 0.317 e. The summed E-state index contributed by atoms with van der Waals surface area (Å²) in [6, 6.07) is 5.25. The Balaban J connectivity index is 1.61. The summed E-state index contributed by atoms with van der Waals surface area (Å²) in [6.45, 7) is 1.16. The van der Waals surface area contributed by atoms with Crippen LogP contribution in [-0.4, -0.2) is 49.3 Å². The van der Waals surface area contributed by atoms with E-state index < -0.39 is 11.4 Å². The Labute approximate surface area is 146 Å². The summed E-state index contributed by atoms with van der Waals surface area (Å²) < 4.78 is 10.5. The third kappa shape index (κ3) is 3.10. The van der Waals surface area contributed by atoms with Gasteiger partial charge in [-0.3, -0.25) is 4.79 Å². The lowest BCUT2D eigenvalue weighted by atomic mass is 9.81. The van der Waals surface area contributed by atoms with Gasteiger partial charge in [-0.1, -0.05) is 12.5 Å². The van der Waals surface area contributed by atoms with Crippen LogP contribution in [-0.2, 0) is 11.3 Å². The molecule has 136 valence electrons. The second kappa shape index (κ2) is 6.82. The molecule has 1 aromatic rings. The molecule has 1 saturated heterocycles. The number of amides is 2. The van der Waals surface area contributed by atoms with Crippen molar-refractivity contribution in [3.63, 3.8) is 0 Å². The van der Waals surface area contributed by atoms with Gasteiger partial charge in [-0.2, -0.15) is 0 Å². The predicted octanol–water partition coefficient (Wildman–Crippen LogP) is 2.10. The zero-order valence-corrected chi connectivity index (χ0v) is 14.6. The summed E-state index contributed by atoms with van der Waals surface area (Å²) in [5, 5.41) is 12.5. The summed E-state index contributed by atoms with van der Waals surface area (Å²) in [5.74, 6) is 0.533. The number of fused-ring (bicyclic) bond motifs is 1. The minimum Gasteiger partial charge on any atom is -0.493 e. The molecule has 0 aromatic heterocycles. The Kier molecular flexibility index (Phi) is 4.74. The van der Waals surface area contributed by atoms with Gasteiger partial charge in [-0.25, -0.2) is 4.79 Å². The maximum atomic E-state index is 12.5. The summed E-state index contributed by atoms with van der Waals surface area (Å²) >= 11 is 0. The van der Waals surface area contributed by atoms with Crippen LogP contribution in [0, 0.1) is 11.3 Å². The van der Waals surface area contributed by atoms with E-state index in [2.05, 4.69) is 5.32 Å². The van der Waals surface area contributed by atoms with Crippen molar-refractivity contribution in [3.8, 4) is 11.5 Å². The molecule has 2 atom stereocenters. The second-order valence-corrected chi connectivity index (χ2v) is 6.78. The van der Waals surface area contributed by atoms with Crippen molar-refractivity contribution in [1.29, 1.82) is 0 Å². The molecule has 0 spiro atoms. The van der Waals surface area contributed by atoms with Gasteiger partial charge in [0.15, 0.2) is 11.5 Å². The Morgan fingerprint density at radius 2 is 2.08 bits per heavy atom. The van der Waals surface area contributed by atoms with E-state index >= 15 is 0 Å². The van der Waals surface area contributed by atoms with E-state index in [1.54, 1.807) is 25.2 Å². The van der Waals surface area contributed by atoms with E-state index in [9.17, 15) is 14.7 Å². The highest BCUT2D eigenvalue weighted by atomic mass is 16.5. The van der Waals surface area contributed by atoms with Crippen LogP contribution in [0.25, 0.3) is 0 Å². The van der Waals surface area contributed by atoms with Crippen molar-refractivity contribution in [1.82, 2.24) is 10.2 Å². The Hall–Kier alpha value is -2.44. The zero-order chi connectivity index (χ0) is 18.0. The largest absolute Gasteiger partial charge is 0.493 e. The average Bonchev–Trinajstić information content (AvgIpc) is 3.17. The topological polar surface area (TPSA) is 88.1 Å². The monoisotopic (exact) mass is 348 g/mol. The number of ether oxygens (including phenoxy) is 2. The number of aliphatic carboxylic acids is 1. The number of rotatable bonds is 5. The minimum atomic E-state index is -0.773. The molecule has 1 aromatic carbocycles. The molecule has 0 unspecified atom stereocenters. The highest BCUT2D eigenvalue weighted by Gasteiger charge is 2.55. The molecule has 1 heterocycles. The number of nitrogens with one attached hydrogen (secondary N) is 1. The number of hydrogen-bond donors (Lipinski definition) is 2. The van der Waals surface area contributed by atoms with Crippen LogP contribution in [0.3, 0.4) is 0 Å². The fourth-order valence-electron chi connectivity index (χ4n) is 4.07. The normalized spacial score (nSPS) is 24.7. The number of nitrogens with zero attached hydrogens (tertiary/aromatic N) is 1. The van der Waals surface area contributed by atoms with E-state index in [0.29, 0.717) is 37.6 Å². The highest BCUT2D eigenvalue weighted by Crippen LogP contribution is 2.48. The predicted molar refractivity (Wildman–Crippen MR) is 90.8 cm³/mol. The number of urea groups is 1. The molecule has 0 bridgehead atoms. The molecular formula is C18H24N2O5. The lowest BCUT2D eigenvalue weighted by Crippen LogP contribution is -2.41. The molecule has 7 nitrogen and oxygen atoms in total. The lowest BCUT2D eigenvalue weighted by molar-refractivity contribution is -0.149. The second-order valence-electron chi connectivity index (χ2n) is 6.78. The quantitative estimate of drug-likeness (QED) is 0.851. The van der Waals surface area contributed by atoms with Gasteiger partial charge >= 0.3 is 12.0 Å². The van der Waals surface area contributed by atoms with Gasteiger partial charge in [0.05, 0.1) is 19.6 Å². The summed E-state index contributed by atoms with van der Waals surface area (Å²) in [6.07, 6.45) is 2.47. The summed E-state index contributed by atoms with van der Waals surface area (Å²) in [4.78, 5) is 25.8. The van der Waals surface area contributed by atoms with Crippen LogP contribution in [0.1, 0.15) is 24.8 Å². The van der Waals surface area contributed by atoms with Crippen LogP contribution in [0.5, 0.6) is 11.5 Å². The van der Waals surface area contributed by atoms with E-state index in [0.717, 1.165) is 18.4 Å². The third-order valence-corrected chi connectivity index (χ3v) is 5.48. The van der Waals surface area contributed by atoms with Gasteiger partial charge in [0.25, 0.3) is 0 Å². The van der Waals surface area contributed by atoms with Gasteiger partial charge in [0.2, 0.25) is 0 Å². The van der Waals surface area contributed by atoms with Crippen LogP contribution < -0.4 is 14.8 Å². The van der Waals surface area contributed by atoms with E-state index in [-0.39, 0.29) is 11.9 Å². The number of carbonyl (C=O) groups excluding carboxylic acids is 1. The molecule has 1 saturated carbocycles. The fraction of sp³-hybridized carbons (Fsp3) is 0.556. The molecule has 7 heteroatoms. The van der Waals surface area contributed by atoms with Gasteiger partial charge in [-0.05, 0) is 36.5 Å². The number of methoxy groups -OCH3 is 2. The van der Waals surface area contributed by atoms with Crippen LogP contribution in [0.2, 0.25) is 0 Å². The number of hydrogen-bond acceptors (Lipinski definition) is 4. The number of likely N-dealkylation sites (tertiary alicyclic amines) is 1. The van der Waals surface area contributed by atoms with E-state index in [1.807, 2.05) is 12.1 Å². The van der Waals surface area contributed by atoms with Crippen molar-refractivity contribution in [2.24, 2.45) is 11.3 Å². The number of carboxylic acid groups (broad SMARTS) is 1. The van der Waals surface area contributed by atoms with E-state index in [1.165, 1.54) is 0 Å². The Morgan fingerprint density at radius 1 is 1.32 bits per heavy atom. The first-order valence-corrected chi connectivity index (χ1v) is 8.47. The van der Waals surface area contributed by atoms with E-state index in [4.69, 9.17) is 9.47 Å².